The van der Waals surface area contributed by atoms with Crippen molar-refractivity contribution in [1.82, 2.24) is 10.6 Å². The van der Waals surface area contributed by atoms with E-state index in [1.54, 1.807) is 18.2 Å². The van der Waals surface area contributed by atoms with Crippen molar-refractivity contribution in [2.24, 2.45) is 0 Å². The van der Waals surface area contributed by atoms with Crippen LogP contribution < -0.4 is 10.6 Å². The minimum Gasteiger partial charge on any atom is -0.396 e. The molecule has 0 aliphatic rings. The topological polar surface area (TPSA) is 61.4 Å². The average Bonchev–Trinajstić information content (AvgIpc) is 2.32. The average molecular weight is 238 g/mol. The Morgan fingerprint density at radius 2 is 2.18 bits per heavy atom. The van der Waals surface area contributed by atoms with Crippen LogP contribution >= 0.6 is 0 Å². The molecule has 1 aromatic carbocycles. The highest BCUT2D eigenvalue weighted by Gasteiger charge is 1.97. The predicted molar refractivity (Wildman–Crippen MR) is 63.7 cm³/mol. The first-order chi connectivity index (χ1) is 8.24. The number of urea groups is 1. The van der Waals surface area contributed by atoms with Gasteiger partial charge >= 0.3 is 6.03 Å². The number of carbonyl (C=O) groups excluding carboxylic acids is 1. The van der Waals surface area contributed by atoms with Gasteiger partial charge in [0.05, 0.1) is 0 Å². The van der Waals surface area contributed by atoms with Crippen molar-refractivity contribution in [3.63, 3.8) is 0 Å². The number of amides is 2. The van der Waals surface area contributed by atoms with Gasteiger partial charge in [-0.2, -0.15) is 0 Å². The molecule has 0 aliphatic carbocycles. The number of aliphatic hydroxyl groups is 1. The normalized spacial score (nSPS) is 10.5. The molecular formula is C12H15FN2O2. The number of benzene rings is 1. The van der Waals surface area contributed by atoms with E-state index in [1.807, 2.05) is 0 Å². The van der Waals surface area contributed by atoms with Gasteiger partial charge in [-0.1, -0.05) is 18.2 Å². The van der Waals surface area contributed by atoms with Crippen molar-refractivity contribution in [2.45, 2.75) is 6.42 Å². The molecule has 0 atom stereocenters. The van der Waals surface area contributed by atoms with Crippen molar-refractivity contribution in [1.29, 1.82) is 0 Å². The largest absolute Gasteiger partial charge is 0.396 e. The van der Waals surface area contributed by atoms with Crippen LogP contribution in [0.5, 0.6) is 0 Å². The second-order valence-corrected chi connectivity index (χ2v) is 3.33. The summed E-state index contributed by atoms with van der Waals surface area (Å²) in [6.07, 6.45) is 3.35. The molecule has 17 heavy (non-hydrogen) atoms. The lowest BCUT2D eigenvalue weighted by atomic mass is 10.2. The third-order valence-corrected chi connectivity index (χ3v) is 2.00. The molecular weight excluding hydrogens is 223 g/mol. The number of rotatable bonds is 5. The van der Waals surface area contributed by atoms with Crippen LogP contribution in [0.15, 0.2) is 30.5 Å². The maximum atomic E-state index is 13.2. The SMILES string of the molecule is O=C(N/C=C/c1ccccc1F)NCCCO. The maximum absolute atomic E-state index is 13.2. The number of carbonyl (C=O) groups is 1. The van der Waals surface area contributed by atoms with E-state index in [0.29, 0.717) is 18.5 Å². The molecule has 0 aliphatic heterocycles. The Labute approximate surface area is 99.2 Å². The van der Waals surface area contributed by atoms with Crippen LogP contribution in [0.3, 0.4) is 0 Å². The number of aliphatic hydroxyl groups excluding tert-OH is 1. The predicted octanol–water partition coefficient (Wildman–Crippen LogP) is 1.48. The Balaban J connectivity index is 2.35. The van der Waals surface area contributed by atoms with Crippen molar-refractivity contribution in [3.05, 3.63) is 41.8 Å². The Morgan fingerprint density at radius 1 is 1.41 bits per heavy atom. The van der Waals surface area contributed by atoms with Gasteiger partial charge in [0.2, 0.25) is 0 Å². The fraction of sp³-hybridized carbons (Fsp3) is 0.250. The summed E-state index contributed by atoms with van der Waals surface area (Å²) in [6, 6.07) is 5.88. The van der Waals surface area contributed by atoms with Crippen molar-refractivity contribution >= 4 is 12.1 Å². The Morgan fingerprint density at radius 3 is 2.88 bits per heavy atom. The zero-order chi connectivity index (χ0) is 12.5. The molecule has 4 nitrogen and oxygen atoms in total. The van der Waals surface area contributed by atoms with E-state index in [0.717, 1.165) is 0 Å². The summed E-state index contributed by atoms with van der Waals surface area (Å²) in [5, 5.41) is 13.5. The Hall–Kier alpha value is -1.88. The highest BCUT2D eigenvalue weighted by molar-refractivity contribution is 5.75. The van der Waals surface area contributed by atoms with Crippen LogP contribution in [-0.2, 0) is 0 Å². The maximum Gasteiger partial charge on any atom is 0.318 e. The molecule has 0 fully saturated rings. The molecule has 1 aromatic rings. The highest BCUT2D eigenvalue weighted by atomic mass is 19.1. The lowest BCUT2D eigenvalue weighted by Gasteiger charge is -2.02. The minimum absolute atomic E-state index is 0.0331. The van der Waals surface area contributed by atoms with E-state index >= 15 is 0 Å². The molecule has 5 heteroatoms. The molecule has 0 radical (unpaired) electrons. The third kappa shape index (κ3) is 5.12. The number of hydrogen-bond donors (Lipinski definition) is 3. The summed E-state index contributed by atoms with van der Waals surface area (Å²) in [7, 11) is 0. The molecule has 3 N–H and O–H groups in total. The van der Waals surface area contributed by atoms with Crippen LogP contribution in [-0.4, -0.2) is 24.3 Å². The summed E-state index contributed by atoms with van der Waals surface area (Å²) in [5.41, 5.74) is 0.406. The molecule has 0 bridgehead atoms. The number of halogens is 1. The van der Waals surface area contributed by atoms with Gasteiger partial charge in [-0.15, -0.1) is 0 Å². The summed E-state index contributed by atoms with van der Waals surface area (Å²) in [4.78, 5) is 11.1. The van der Waals surface area contributed by atoms with E-state index in [9.17, 15) is 9.18 Å². The summed E-state index contributed by atoms with van der Waals surface area (Å²) >= 11 is 0. The van der Waals surface area contributed by atoms with E-state index in [2.05, 4.69) is 10.6 Å². The molecule has 0 spiro atoms. The monoisotopic (exact) mass is 238 g/mol. The first kappa shape index (κ1) is 13.2. The van der Waals surface area contributed by atoms with Gasteiger partial charge in [-0.25, -0.2) is 9.18 Å². The number of nitrogens with one attached hydrogen (secondary N) is 2. The lowest BCUT2D eigenvalue weighted by molar-refractivity contribution is 0.241. The smallest absolute Gasteiger partial charge is 0.318 e. The van der Waals surface area contributed by atoms with Gasteiger partial charge in [-0.05, 0) is 18.6 Å². The molecule has 0 heterocycles. The van der Waals surface area contributed by atoms with Crippen molar-refractivity contribution in [3.8, 4) is 0 Å². The van der Waals surface area contributed by atoms with Crippen molar-refractivity contribution < 1.29 is 14.3 Å². The Kier molecular flexibility index (Phi) is 5.74. The van der Waals surface area contributed by atoms with Crippen LogP contribution in [0.1, 0.15) is 12.0 Å². The van der Waals surface area contributed by atoms with Gasteiger partial charge in [0.15, 0.2) is 0 Å². The summed E-state index contributed by atoms with van der Waals surface area (Å²) in [5.74, 6) is -0.341. The zero-order valence-electron chi connectivity index (χ0n) is 9.32. The van der Waals surface area contributed by atoms with Gasteiger partial charge in [-0.3, -0.25) is 0 Å². The van der Waals surface area contributed by atoms with Gasteiger partial charge in [0, 0.05) is 24.9 Å². The minimum atomic E-state index is -0.383. The summed E-state index contributed by atoms with van der Waals surface area (Å²) < 4.78 is 13.2. The first-order valence-corrected chi connectivity index (χ1v) is 5.30. The molecule has 0 saturated heterocycles. The van der Waals surface area contributed by atoms with Crippen LogP contribution in [0.2, 0.25) is 0 Å². The van der Waals surface area contributed by atoms with E-state index < -0.39 is 0 Å². The van der Waals surface area contributed by atoms with Crippen LogP contribution in [0.4, 0.5) is 9.18 Å². The molecule has 92 valence electrons. The third-order valence-electron chi connectivity index (χ3n) is 2.00. The standard InChI is InChI=1S/C12H15FN2O2/c13-11-5-2-1-4-10(11)6-8-15-12(17)14-7-3-9-16/h1-2,4-6,8,16H,3,7,9H2,(H2,14,15,17)/b8-6+. The molecule has 0 saturated carbocycles. The second kappa shape index (κ2) is 7.40. The molecule has 2 amide bonds. The van der Waals surface area contributed by atoms with E-state index in [4.69, 9.17) is 5.11 Å². The summed E-state index contributed by atoms with van der Waals surface area (Å²) in [6.45, 7) is 0.432. The fourth-order valence-electron chi connectivity index (χ4n) is 1.15. The quantitative estimate of drug-likeness (QED) is 0.680. The van der Waals surface area contributed by atoms with E-state index in [-0.39, 0.29) is 18.5 Å². The zero-order valence-corrected chi connectivity index (χ0v) is 9.32. The van der Waals surface area contributed by atoms with Gasteiger partial charge in [0.25, 0.3) is 0 Å². The first-order valence-electron chi connectivity index (χ1n) is 5.30. The molecule has 0 aromatic heterocycles. The lowest BCUT2D eigenvalue weighted by Crippen LogP contribution is -2.33. The highest BCUT2D eigenvalue weighted by Crippen LogP contribution is 2.07. The second-order valence-electron chi connectivity index (χ2n) is 3.33. The number of hydrogen-bond acceptors (Lipinski definition) is 2. The Bertz CT molecular complexity index is 394. The van der Waals surface area contributed by atoms with Gasteiger partial charge < -0.3 is 15.7 Å². The molecule has 1 rings (SSSR count). The fourth-order valence-corrected chi connectivity index (χ4v) is 1.15. The molecule has 0 unspecified atom stereocenters. The van der Waals surface area contributed by atoms with Crippen LogP contribution in [0, 0.1) is 5.82 Å². The van der Waals surface area contributed by atoms with Crippen LogP contribution in [0.25, 0.3) is 6.08 Å². The van der Waals surface area contributed by atoms with Gasteiger partial charge in [0.1, 0.15) is 5.82 Å². The van der Waals surface area contributed by atoms with E-state index in [1.165, 1.54) is 18.3 Å². The van der Waals surface area contributed by atoms with Crippen molar-refractivity contribution in [2.75, 3.05) is 13.2 Å².